The van der Waals surface area contributed by atoms with Crippen LogP contribution in [0, 0.1) is 11.3 Å². The Morgan fingerprint density at radius 3 is 2.39 bits per heavy atom. The smallest absolute Gasteiger partial charge is 0.246 e. The number of carbonyl (C=O) groups is 2. The molecule has 31 heavy (non-hydrogen) atoms. The van der Waals surface area contributed by atoms with E-state index in [-0.39, 0.29) is 60.4 Å². The fourth-order valence-corrected chi connectivity index (χ4v) is 6.48. The number of aliphatic hydroxyl groups excluding tert-OH is 1. The van der Waals surface area contributed by atoms with Gasteiger partial charge in [0.05, 0.1) is 29.5 Å². The second-order valence-electron chi connectivity index (χ2n) is 10.2. The van der Waals surface area contributed by atoms with E-state index in [4.69, 9.17) is 27.9 Å². The minimum absolute atomic E-state index is 0.0151. The molecule has 5 rings (SSSR count). The molecule has 2 bridgehead atoms. The molecule has 0 aromatic rings. The number of carbonyl (C=O) groups excluding carboxylic acids is 2. The van der Waals surface area contributed by atoms with E-state index in [1.165, 1.54) is 0 Å². The highest BCUT2D eigenvalue weighted by Crippen LogP contribution is 2.67. The summed E-state index contributed by atoms with van der Waals surface area (Å²) >= 11 is 12.0. The third-order valence-electron chi connectivity index (χ3n) is 7.80. The van der Waals surface area contributed by atoms with Crippen molar-refractivity contribution in [2.75, 3.05) is 13.2 Å². The van der Waals surface area contributed by atoms with Crippen LogP contribution >= 0.6 is 23.2 Å². The SMILES string of the molecule is O=C(COC1CCC(Cl)C(F)C1)NC12CC(C(=O)NC(CO)C3CCC(Cl)CC3)(C1)C2. The van der Waals surface area contributed by atoms with Crippen LogP contribution < -0.4 is 10.6 Å². The van der Waals surface area contributed by atoms with E-state index in [2.05, 4.69) is 10.6 Å². The number of alkyl halides is 3. The average molecular weight is 479 g/mol. The first-order chi connectivity index (χ1) is 14.7. The minimum atomic E-state index is -1.09. The summed E-state index contributed by atoms with van der Waals surface area (Å²) in [6.45, 7) is -0.162. The van der Waals surface area contributed by atoms with Crippen LogP contribution in [0.2, 0.25) is 0 Å². The number of aliphatic hydroxyl groups is 1. The molecule has 0 aromatic heterocycles. The van der Waals surface area contributed by atoms with Crippen molar-refractivity contribution in [1.82, 2.24) is 10.6 Å². The zero-order valence-corrected chi connectivity index (χ0v) is 19.3. The van der Waals surface area contributed by atoms with E-state index in [9.17, 15) is 19.1 Å². The van der Waals surface area contributed by atoms with Crippen LogP contribution in [0.4, 0.5) is 4.39 Å². The van der Waals surface area contributed by atoms with Gasteiger partial charge in [-0.25, -0.2) is 4.39 Å². The average Bonchev–Trinajstić information content (AvgIpc) is 2.69. The molecule has 5 aliphatic carbocycles. The largest absolute Gasteiger partial charge is 0.394 e. The Kier molecular flexibility index (Phi) is 7.07. The summed E-state index contributed by atoms with van der Waals surface area (Å²) in [4.78, 5) is 25.1. The number of nitrogens with one attached hydrogen (secondary N) is 2. The zero-order valence-electron chi connectivity index (χ0n) is 17.8. The van der Waals surface area contributed by atoms with Crippen LogP contribution in [0.1, 0.15) is 64.2 Å². The monoisotopic (exact) mass is 478 g/mol. The second-order valence-corrected chi connectivity index (χ2v) is 11.4. The first kappa shape index (κ1) is 23.5. The topological polar surface area (TPSA) is 87.7 Å². The van der Waals surface area contributed by atoms with Crippen LogP contribution in [0.3, 0.4) is 0 Å². The van der Waals surface area contributed by atoms with Gasteiger partial charge in [-0.3, -0.25) is 9.59 Å². The minimum Gasteiger partial charge on any atom is -0.394 e. The van der Waals surface area contributed by atoms with Crippen molar-refractivity contribution in [3.05, 3.63) is 0 Å². The van der Waals surface area contributed by atoms with Gasteiger partial charge in [0.25, 0.3) is 0 Å². The maximum atomic E-state index is 13.7. The third kappa shape index (κ3) is 4.99. The van der Waals surface area contributed by atoms with Gasteiger partial charge in [-0.15, -0.1) is 23.2 Å². The van der Waals surface area contributed by atoms with Crippen LogP contribution in [-0.2, 0) is 14.3 Å². The summed E-state index contributed by atoms with van der Waals surface area (Å²) in [6.07, 6.45) is 5.61. The molecule has 3 N–H and O–H groups in total. The molecule has 176 valence electrons. The highest BCUT2D eigenvalue weighted by atomic mass is 35.5. The van der Waals surface area contributed by atoms with Gasteiger partial charge in [-0.1, -0.05) is 0 Å². The fraction of sp³-hybridized carbons (Fsp3) is 0.909. The molecule has 9 heteroatoms. The molecular formula is C22H33Cl2FN2O4. The van der Waals surface area contributed by atoms with E-state index < -0.39 is 17.0 Å². The van der Waals surface area contributed by atoms with Crippen molar-refractivity contribution in [2.24, 2.45) is 11.3 Å². The number of halogens is 3. The van der Waals surface area contributed by atoms with E-state index in [1.807, 2.05) is 0 Å². The normalized spacial score (nSPS) is 42.6. The van der Waals surface area contributed by atoms with E-state index in [0.717, 1.165) is 25.7 Å². The predicted molar refractivity (Wildman–Crippen MR) is 116 cm³/mol. The molecule has 4 unspecified atom stereocenters. The molecular weight excluding hydrogens is 446 g/mol. The van der Waals surface area contributed by atoms with Crippen molar-refractivity contribution < 1.29 is 23.8 Å². The number of ether oxygens (including phenoxy) is 1. The van der Waals surface area contributed by atoms with Crippen molar-refractivity contribution in [3.63, 3.8) is 0 Å². The number of hydrogen-bond acceptors (Lipinski definition) is 4. The Morgan fingerprint density at radius 2 is 1.77 bits per heavy atom. The third-order valence-corrected chi connectivity index (χ3v) is 8.72. The quantitative estimate of drug-likeness (QED) is 0.468. The summed E-state index contributed by atoms with van der Waals surface area (Å²) in [5, 5.41) is 15.6. The Morgan fingerprint density at radius 1 is 1.10 bits per heavy atom. The van der Waals surface area contributed by atoms with Gasteiger partial charge in [-0.2, -0.15) is 0 Å². The molecule has 0 spiro atoms. The zero-order chi connectivity index (χ0) is 22.2. The second kappa shape index (κ2) is 9.32. The molecule has 5 aliphatic rings. The van der Waals surface area contributed by atoms with Crippen LogP contribution in [-0.4, -0.2) is 64.7 Å². The molecule has 0 saturated heterocycles. The Labute approximate surface area is 192 Å². The maximum Gasteiger partial charge on any atom is 0.246 e. The first-order valence-corrected chi connectivity index (χ1v) is 12.4. The standard InChI is InChI=1S/C22H33Cl2FN2O4/c23-14-3-1-13(2-4-14)18(8-28)26-20(30)21-10-22(11-21,12-21)27-19(29)9-31-15-5-6-16(24)17(25)7-15/h13-18,28H,1-12H2,(H,26,30)(H,27,29). The maximum absolute atomic E-state index is 13.7. The van der Waals surface area contributed by atoms with Crippen molar-refractivity contribution in [1.29, 1.82) is 0 Å². The lowest BCUT2D eigenvalue weighted by Crippen LogP contribution is -2.79. The first-order valence-electron chi connectivity index (χ1n) is 11.5. The number of hydrogen-bond donors (Lipinski definition) is 3. The van der Waals surface area contributed by atoms with Crippen LogP contribution in [0.25, 0.3) is 0 Å². The molecule has 5 fully saturated rings. The molecule has 4 atom stereocenters. The molecule has 0 radical (unpaired) electrons. The van der Waals surface area contributed by atoms with E-state index in [0.29, 0.717) is 32.1 Å². The lowest BCUT2D eigenvalue weighted by atomic mass is 9.39. The van der Waals surface area contributed by atoms with Crippen LogP contribution in [0.5, 0.6) is 0 Å². The van der Waals surface area contributed by atoms with Gasteiger partial charge < -0.3 is 20.5 Å². The summed E-state index contributed by atoms with van der Waals surface area (Å²) in [6, 6.07) is -0.230. The van der Waals surface area contributed by atoms with Crippen LogP contribution in [0.15, 0.2) is 0 Å². The Balaban J connectivity index is 1.17. The number of amides is 2. The molecule has 6 nitrogen and oxygen atoms in total. The molecule has 5 saturated carbocycles. The Hall–Kier alpha value is -0.630. The van der Waals surface area contributed by atoms with E-state index in [1.54, 1.807) is 0 Å². The Bertz CT molecular complexity index is 669. The van der Waals surface area contributed by atoms with Crippen molar-refractivity contribution in [2.45, 2.75) is 98.8 Å². The van der Waals surface area contributed by atoms with E-state index >= 15 is 0 Å². The molecule has 2 amide bonds. The lowest BCUT2D eigenvalue weighted by Gasteiger charge is -2.69. The molecule has 0 heterocycles. The lowest BCUT2D eigenvalue weighted by molar-refractivity contribution is -0.186. The molecule has 0 aliphatic heterocycles. The summed E-state index contributed by atoms with van der Waals surface area (Å²) < 4.78 is 19.3. The van der Waals surface area contributed by atoms with Gasteiger partial charge in [0.15, 0.2) is 0 Å². The van der Waals surface area contributed by atoms with Gasteiger partial charge in [0.2, 0.25) is 11.8 Å². The van der Waals surface area contributed by atoms with Gasteiger partial charge in [0.1, 0.15) is 12.8 Å². The summed E-state index contributed by atoms with van der Waals surface area (Å²) in [5.74, 6) is 0.0295. The van der Waals surface area contributed by atoms with Crippen molar-refractivity contribution >= 4 is 35.0 Å². The van der Waals surface area contributed by atoms with Gasteiger partial charge in [-0.05, 0) is 63.7 Å². The van der Waals surface area contributed by atoms with Gasteiger partial charge in [0, 0.05) is 17.3 Å². The number of rotatable bonds is 8. The fourth-order valence-electron chi connectivity index (χ4n) is 6.00. The summed E-state index contributed by atoms with van der Waals surface area (Å²) in [5.41, 5.74) is -0.745. The highest BCUT2D eigenvalue weighted by Gasteiger charge is 2.72. The van der Waals surface area contributed by atoms with Crippen molar-refractivity contribution in [3.8, 4) is 0 Å². The summed E-state index contributed by atoms with van der Waals surface area (Å²) in [7, 11) is 0. The highest BCUT2D eigenvalue weighted by molar-refractivity contribution is 6.21. The van der Waals surface area contributed by atoms with Gasteiger partial charge >= 0.3 is 0 Å². The molecule has 0 aromatic carbocycles. The predicted octanol–water partition coefficient (Wildman–Crippen LogP) is 2.81.